The van der Waals surface area contributed by atoms with E-state index in [0.29, 0.717) is 6.04 Å². The van der Waals surface area contributed by atoms with Gasteiger partial charge in [-0.05, 0) is 65.8 Å². The molecule has 0 bridgehead atoms. The summed E-state index contributed by atoms with van der Waals surface area (Å²) in [5, 5.41) is 0. The van der Waals surface area contributed by atoms with Crippen LogP contribution in [-0.4, -0.2) is 28.0 Å². The van der Waals surface area contributed by atoms with Gasteiger partial charge in [0.15, 0.2) is 0 Å². The van der Waals surface area contributed by atoms with Gasteiger partial charge in [0, 0.05) is 31.5 Å². The third-order valence-corrected chi connectivity index (χ3v) is 6.73. The molecule has 3 nitrogen and oxygen atoms in total. The van der Waals surface area contributed by atoms with Crippen molar-refractivity contribution >= 4 is 21.6 Å². The minimum atomic E-state index is 0.401. The van der Waals surface area contributed by atoms with Crippen molar-refractivity contribution in [3.63, 3.8) is 0 Å². The average molecular weight is 386 g/mol. The molecule has 1 aliphatic rings. The maximum Gasteiger partial charge on any atom is 0.0815 e. The largest absolute Gasteiger partial charge is 0.296 e. The summed E-state index contributed by atoms with van der Waals surface area (Å²) in [6, 6.07) is 18.2. The average Bonchev–Trinajstić information content (AvgIpc) is 3.12. The van der Waals surface area contributed by atoms with Crippen LogP contribution in [0.15, 0.2) is 66.4 Å². The van der Waals surface area contributed by atoms with E-state index >= 15 is 0 Å². The first-order valence-corrected chi connectivity index (χ1v) is 10.8. The smallest absolute Gasteiger partial charge is 0.0815 e. The Balaban J connectivity index is 1.37. The van der Waals surface area contributed by atoms with Gasteiger partial charge in [0.25, 0.3) is 0 Å². The summed E-state index contributed by atoms with van der Waals surface area (Å²) in [5.74, 6) is 0. The molecule has 0 aliphatic carbocycles. The second-order valence-corrected chi connectivity index (χ2v) is 8.40. The van der Waals surface area contributed by atoms with Gasteiger partial charge in [0.1, 0.15) is 0 Å². The van der Waals surface area contributed by atoms with Gasteiger partial charge >= 0.3 is 0 Å². The van der Waals surface area contributed by atoms with Crippen LogP contribution in [0.4, 0.5) is 0 Å². The van der Waals surface area contributed by atoms with E-state index in [0.717, 1.165) is 31.4 Å². The zero-order valence-electron chi connectivity index (χ0n) is 16.0. The molecule has 0 amide bonds. The quantitative estimate of drug-likeness (QED) is 0.465. The van der Waals surface area contributed by atoms with E-state index in [9.17, 15) is 0 Å². The van der Waals surface area contributed by atoms with Crippen LogP contribution in [0.25, 0.3) is 21.3 Å². The Labute approximate surface area is 169 Å². The van der Waals surface area contributed by atoms with Crippen molar-refractivity contribution in [2.24, 2.45) is 0 Å². The molecular formula is C24H23N3S. The van der Waals surface area contributed by atoms with Crippen LogP contribution in [0.3, 0.4) is 0 Å². The Morgan fingerprint density at radius 2 is 1.86 bits per heavy atom. The molecular weight excluding hydrogens is 362 g/mol. The van der Waals surface area contributed by atoms with Gasteiger partial charge in [-0.3, -0.25) is 9.88 Å². The molecule has 3 heterocycles. The van der Waals surface area contributed by atoms with Crippen molar-refractivity contribution in [1.82, 2.24) is 14.9 Å². The number of aromatic nitrogens is 2. The number of benzene rings is 2. The number of fused-ring (bicyclic) bond motifs is 2. The SMILES string of the molecule is C[C@H](c1ccc2scnc2c1)N1CCc2ccc(-c3cccnc3)cc2CC1. The number of hydrogen-bond acceptors (Lipinski definition) is 4. The van der Waals surface area contributed by atoms with E-state index in [1.165, 1.54) is 32.5 Å². The topological polar surface area (TPSA) is 29.0 Å². The molecule has 5 rings (SSSR count). The standard InChI is InChI=1S/C24H23N3S/c1-17(19-6-7-24-23(14-19)26-16-28-24)27-11-8-18-4-5-20(13-21(18)9-12-27)22-3-2-10-25-15-22/h2-7,10,13-17H,8-9,11-12H2,1H3/t17-/m1/s1. The maximum atomic E-state index is 4.49. The molecule has 2 aromatic heterocycles. The molecule has 140 valence electrons. The highest BCUT2D eigenvalue weighted by Crippen LogP contribution is 2.29. The van der Waals surface area contributed by atoms with Crippen molar-refractivity contribution in [2.45, 2.75) is 25.8 Å². The van der Waals surface area contributed by atoms with Gasteiger partial charge in [-0.25, -0.2) is 4.98 Å². The van der Waals surface area contributed by atoms with E-state index in [4.69, 9.17) is 0 Å². The van der Waals surface area contributed by atoms with Crippen LogP contribution < -0.4 is 0 Å². The molecule has 0 fully saturated rings. The van der Waals surface area contributed by atoms with Crippen LogP contribution in [0.5, 0.6) is 0 Å². The molecule has 2 aromatic carbocycles. The van der Waals surface area contributed by atoms with Crippen molar-refractivity contribution < 1.29 is 0 Å². The second kappa shape index (κ2) is 7.46. The first-order chi connectivity index (χ1) is 13.8. The molecule has 0 saturated carbocycles. The summed E-state index contributed by atoms with van der Waals surface area (Å²) in [5.41, 5.74) is 9.83. The number of rotatable bonds is 3. The first kappa shape index (κ1) is 17.5. The lowest BCUT2D eigenvalue weighted by molar-refractivity contribution is 0.221. The molecule has 0 N–H and O–H groups in total. The summed E-state index contributed by atoms with van der Waals surface area (Å²) in [6.07, 6.45) is 5.97. The number of pyridine rings is 1. The molecule has 1 aliphatic heterocycles. The Morgan fingerprint density at radius 1 is 0.964 bits per heavy atom. The molecule has 4 aromatic rings. The summed E-state index contributed by atoms with van der Waals surface area (Å²) >= 11 is 1.71. The molecule has 0 spiro atoms. The summed E-state index contributed by atoms with van der Waals surface area (Å²) < 4.78 is 1.27. The Morgan fingerprint density at radius 3 is 2.71 bits per heavy atom. The maximum absolute atomic E-state index is 4.49. The van der Waals surface area contributed by atoms with Crippen molar-refractivity contribution in [3.8, 4) is 11.1 Å². The van der Waals surface area contributed by atoms with Gasteiger partial charge in [0.05, 0.1) is 15.7 Å². The van der Waals surface area contributed by atoms with E-state index < -0.39 is 0 Å². The van der Waals surface area contributed by atoms with Crippen molar-refractivity contribution in [2.75, 3.05) is 13.1 Å². The van der Waals surface area contributed by atoms with E-state index in [1.54, 1.807) is 11.3 Å². The second-order valence-electron chi connectivity index (χ2n) is 7.52. The minimum absolute atomic E-state index is 0.401. The van der Waals surface area contributed by atoms with Crippen molar-refractivity contribution in [1.29, 1.82) is 0 Å². The van der Waals surface area contributed by atoms with Crippen LogP contribution in [0.1, 0.15) is 29.7 Å². The van der Waals surface area contributed by atoms with Gasteiger partial charge in [0.2, 0.25) is 0 Å². The number of nitrogens with zero attached hydrogens (tertiary/aromatic N) is 3. The van der Waals surface area contributed by atoms with Crippen molar-refractivity contribution in [3.05, 3.63) is 83.1 Å². The van der Waals surface area contributed by atoms with Gasteiger partial charge in [-0.15, -0.1) is 11.3 Å². The zero-order valence-corrected chi connectivity index (χ0v) is 16.8. The lowest BCUT2D eigenvalue weighted by atomic mass is 9.97. The monoisotopic (exact) mass is 385 g/mol. The Bertz CT molecular complexity index is 1100. The fraction of sp³-hybridized carbons (Fsp3) is 0.250. The number of hydrogen-bond donors (Lipinski definition) is 0. The fourth-order valence-electron chi connectivity index (χ4n) is 4.19. The highest BCUT2D eigenvalue weighted by Gasteiger charge is 2.20. The highest BCUT2D eigenvalue weighted by atomic mass is 32.1. The van der Waals surface area contributed by atoms with E-state index in [-0.39, 0.29) is 0 Å². The summed E-state index contributed by atoms with van der Waals surface area (Å²) in [6.45, 7) is 4.50. The first-order valence-electron chi connectivity index (χ1n) is 9.87. The zero-order chi connectivity index (χ0) is 18.9. The van der Waals surface area contributed by atoms with E-state index in [1.807, 2.05) is 24.0 Å². The molecule has 0 unspecified atom stereocenters. The third kappa shape index (κ3) is 3.34. The van der Waals surface area contributed by atoms with Crippen LogP contribution in [0.2, 0.25) is 0 Å². The fourth-order valence-corrected chi connectivity index (χ4v) is 4.85. The number of thiazole rings is 1. The highest BCUT2D eigenvalue weighted by molar-refractivity contribution is 7.16. The molecule has 28 heavy (non-hydrogen) atoms. The predicted molar refractivity (Wildman–Crippen MR) is 117 cm³/mol. The minimum Gasteiger partial charge on any atom is -0.296 e. The summed E-state index contributed by atoms with van der Waals surface area (Å²) in [4.78, 5) is 11.4. The molecule has 0 radical (unpaired) electrons. The van der Waals surface area contributed by atoms with Crippen LogP contribution >= 0.6 is 11.3 Å². The van der Waals surface area contributed by atoms with Crippen LogP contribution in [-0.2, 0) is 12.8 Å². The Kier molecular flexibility index (Phi) is 4.67. The third-order valence-electron chi connectivity index (χ3n) is 5.92. The van der Waals surface area contributed by atoms with E-state index in [2.05, 4.69) is 64.3 Å². The van der Waals surface area contributed by atoms with Gasteiger partial charge in [-0.2, -0.15) is 0 Å². The lowest BCUT2D eigenvalue weighted by Gasteiger charge is -2.28. The molecule has 1 atom stereocenters. The Hall–Kier alpha value is -2.56. The summed E-state index contributed by atoms with van der Waals surface area (Å²) in [7, 11) is 0. The molecule has 4 heteroatoms. The normalized spacial score (nSPS) is 15.9. The van der Waals surface area contributed by atoms with Gasteiger partial charge < -0.3 is 0 Å². The van der Waals surface area contributed by atoms with Crippen LogP contribution in [0, 0.1) is 0 Å². The molecule has 0 saturated heterocycles. The predicted octanol–water partition coefficient (Wildman–Crippen LogP) is 5.52. The lowest BCUT2D eigenvalue weighted by Crippen LogP contribution is -2.29. The van der Waals surface area contributed by atoms with Gasteiger partial charge in [-0.1, -0.05) is 30.3 Å².